The smallest absolute Gasteiger partial charge is 0.139 e. The zero-order chi connectivity index (χ0) is 9.42. The molecule has 0 atom stereocenters. The largest absolute Gasteiger partial charge is 0.295 e. The second-order valence-corrected chi connectivity index (χ2v) is 4.23. The summed E-state index contributed by atoms with van der Waals surface area (Å²) in [6.07, 6.45) is 2.91. The number of pyridine rings is 1. The molecule has 2 aromatic rings. The molecule has 0 N–H and O–H groups in total. The monoisotopic (exact) mass is 306 g/mol. The molecule has 2 heterocycles. The van der Waals surface area contributed by atoms with E-state index in [4.69, 9.17) is 11.6 Å². The van der Waals surface area contributed by atoms with Crippen molar-refractivity contribution in [3.05, 3.63) is 32.7 Å². The first-order valence-electron chi connectivity index (χ1n) is 4.04. The number of halogens is 2. The lowest BCUT2D eigenvalue weighted by Gasteiger charge is -1.94. The summed E-state index contributed by atoms with van der Waals surface area (Å²) in [7, 11) is 0. The molecule has 0 amide bonds. The maximum atomic E-state index is 5.87. The highest BCUT2D eigenvalue weighted by Crippen LogP contribution is 2.18. The summed E-state index contributed by atoms with van der Waals surface area (Å²) < 4.78 is 3.22. The summed E-state index contributed by atoms with van der Waals surface area (Å²) in [6.45, 7) is 2.10. The lowest BCUT2D eigenvalue weighted by atomic mass is 10.4. The molecular formula is C9H8ClIN2. The van der Waals surface area contributed by atoms with Gasteiger partial charge in [-0.05, 0) is 35.1 Å². The van der Waals surface area contributed by atoms with Crippen molar-refractivity contribution in [3.63, 3.8) is 0 Å². The summed E-state index contributed by atoms with van der Waals surface area (Å²) in [5.41, 5.74) is 2.05. The van der Waals surface area contributed by atoms with Crippen LogP contribution in [0, 0.1) is 3.70 Å². The zero-order valence-corrected chi connectivity index (χ0v) is 10.0. The van der Waals surface area contributed by atoms with Crippen molar-refractivity contribution >= 4 is 39.8 Å². The van der Waals surface area contributed by atoms with Crippen LogP contribution in [0.15, 0.2) is 18.3 Å². The van der Waals surface area contributed by atoms with Crippen LogP contribution in [-0.2, 0) is 6.42 Å². The molecular weight excluding hydrogens is 298 g/mol. The Labute approximate surface area is 95.1 Å². The maximum absolute atomic E-state index is 5.87. The van der Waals surface area contributed by atoms with E-state index >= 15 is 0 Å². The fraction of sp³-hybridized carbons (Fsp3) is 0.222. The van der Waals surface area contributed by atoms with Crippen LogP contribution >= 0.6 is 34.2 Å². The van der Waals surface area contributed by atoms with Crippen molar-refractivity contribution < 1.29 is 0 Å². The number of rotatable bonds is 1. The minimum absolute atomic E-state index is 0.733. The highest BCUT2D eigenvalue weighted by atomic mass is 127. The van der Waals surface area contributed by atoms with E-state index in [0.717, 1.165) is 22.8 Å². The first-order chi connectivity index (χ1) is 6.22. The van der Waals surface area contributed by atoms with Gasteiger partial charge in [0.15, 0.2) is 0 Å². The molecule has 0 saturated carbocycles. The van der Waals surface area contributed by atoms with Crippen LogP contribution < -0.4 is 0 Å². The second kappa shape index (κ2) is 3.46. The lowest BCUT2D eigenvalue weighted by molar-refractivity contribution is 1.05. The van der Waals surface area contributed by atoms with Gasteiger partial charge in [-0.3, -0.25) is 4.40 Å². The van der Waals surface area contributed by atoms with Gasteiger partial charge in [0.2, 0.25) is 0 Å². The quantitative estimate of drug-likeness (QED) is 0.740. The minimum atomic E-state index is 0.733. The van der Waals surface area contributed by atoms with Crippen molar-refractivity contribution in [1.82, 2.24) is 9.38 Å². The van der Waals surface area contributed by atoms with Crippen LogP contribution in [0.5, 0.6) is 0 Å². The Morgan fingerprint density at radius 2 is 2.38 bits per heavy atom. The summed E-state index contributed by atoms with van der Waals surface area (Å²) in [5, 5.41) is 0.733. The number of aromatic nitrogens is 2. The fourth-order valence-corrected chi connectivity index (χ4v) is 2.33. The van der Waals surface area contributed by atoms with Gasteiger partial charge in [0.1, 0.15) is 9.35 Å². The predicted octanol–water partition coefficient (Wildman–Crippen LogP) is 3.15. The van der Waals surface area contributed by atoms with Crippen LogP contribution in [0.25, 0.3) is 5.65 Å². The van der Waals surface area contributed by atoms with Gasteiger partial charge >= 0.3 is 0 Å². The van der Waals surface area contributed by atoms with Crippen molar-refractivity contribution in [2.45, 2.75) is 13.3 Å². The van der Waals surface area contributed by atoms with Gasteiger partial charge in [-0.25, -0.2) is 4.98 Å². The molecule has 0 saturated heterocycles. The summed E-state index contributed by atoms with van der Waals surface area (Å²) in [6, 6.07) is 3.75. The molecule has 2 aromatic heterocycles. The molecule has 2 nitrogen and oxygen atoms in total. The van der Waals surface area contributed by atoms with Gasteiger partial charge in [0.25, 0.3) is 0 Å². The molecule has 0 aromatic carbocycles. The van der Waals surface area contributed by atoms with E-state index in [0.29, 0.717) is 0 Å². The third kappa shape index (κ3) is 1.55. The number of fused-ring (bicyclic) bond motifs is 1. The molecule has 68 valence electrons. The maximum Gasteiger partial charge on any atom is 0.139 e. The molecule has 13 heavy (non-hydrogen) atoms. The first kappa shape index (κ1) is 9.27. The van der Waals surface area contributed by atoms with Gasteiger partial charge in [-0.1, -0.05) is 18.5 Å². The molecule has 0 radical (unpaired) electrons. The van der Waals surface area contributed by atoms with Crippen molar-refractivity contribution in [3.8, 4) is 0 Å². The Morgan fingerprint density at radius 3 is 3.08 bits per heavy atom. The molecule has 0 bridgehead atoms. The van der Waals surface area contributed by atoms with Gasteiger partial charge in [-0.2, -0.15) is 0 Å². The SMILES string of the molecule is CCc1nc2cc(Cl)ccn2c1I. The number of hydrogen-bond acceptors (Lipinski definition) is 1. The van der Waals surface area contributed by atoms with E-state index in [2.05, 4.69) is 34.5 Å². The Kier molecular flexibility index (Phi) is 2.47. The van der Waals surface area contributed by atoms with E-state index in [1.54, 1.807) is 0 Å². The first-order valence-corrected chi connectivity index (χ1v) is 5.50. The van der Waals surface area contributed by atoms with Gasteiger partial charge < -0.3 is 0 Å². The minimum Gasteiger partial charge on any atom is -0.295 e. The average Bonchev–Trinajstić information content (AvgIpc) is 2.42. The Bertz CT molecular complexity index is 450. The zero-order valence-electron chi connectivity index (χ0n) is 7.09. The third-order valence-corrected chi connectivity index (χ3v) is 3.31. The number of aryl methyl sites for hydroxylation is 1. The summed E-state index contributed by atoms with van der Waals surface area (Å²) in [5.74, 6) is 0. The second-order valence-electron chi connectivity index (χ2n) is 2.78. The lowest BCUT2D eigenvalue weighted by Crippen LogP contribution is -1.87. The van der Waals surface area contributed by atoms with E-state index < -0.39 is 0 Å². The van der Waals surface area contributed by atoms with Crippen LogP contribution in [0.4, 0.5) is 0 Å². The molecule has 4 heteroatoms. The van der Waals surface area contributed by atoms with Crippen molar-refractivity contribution in [2.24, 2.45) is 0 Å². The number of imidazole rings is 1. The third-order valence-electron chi connectivity index (χ3n) is 1.93. The highest BCUT2D eigenvalue weighted by Gasteiger charge is 2.06. The Balaban J connectivity index is 2.76. The summed E-state index contributed by atoms with van der Waals surface area (Å²) >= 11 is 8.17. The number of nitrogens with zero attached hydrogens (tertiary/aromatic N) is 2. The van der Waals surface area contributed by atoms with Crippen LogP contribution in [0.2, 0.25) is 5.02 Å². The fourth-order valence-electron chi connectivity index (χ4n) is 1.26. The molecule has 0 aliphatic carbocycles. The summed E-state index contributed by atoms with van der Waals surface area (Å²) in [4.78, 5) is 4.46. The van der Waals surface area contributed by atoms with E-state index in [1.807, 2.05) is 22.7 Å². The average molecular weight is 307 g/mol. The highest BCUT2D eigenvalue weighted by molar-refractivity contribution is 14.1. The van der Waals surface area contributed by atoms with Crippen LogP contribution in [0.1, 0.15) is 12.6 Å². The Morgan fingerprint density at radius 1 is 1.62 bits per heavy atom. The van der Waals surface area contributed by atoms with Crippen molar-refractivity contribution in [1.29, 1.82) is 0 Å². The molecule has 0 unspecified atom stereocenters. The standard InChI is InChI=1S/C9H8ClIN2/c1-2-7-9(11)13-4-3-6(10)5-8(13)12-7/h3-5H,2H2,1H3. The Hall–Kier alpha value is -0.290. The molecule has 0 aliphatic rings. The topological polar surface area (TPSA) is 17.3 Å². The van der Waals surface area contributed by atoms with E-state index in [9.17, 15) is 0 Å². The van der Waals surface area contributed by atoms with E-state index in [1.165, 1.54) is 3.70 Å². The van der Waals surface area contributed by atoms with Gasteiger partial charge in [-0.15, -0.1) is 0 Å². The van der Waals surface area contributed by atoms with Crippen LogP contribution in [-0.4, -0.2) is 9.38 Å². The van der Waals surface area contributed by atoms with Crippen molar-refractivity contribution in [2.75, 3.05) is 0 Å². The van der Waals surface area contributed by atoms with Gasteiger partial charge in [0, 0.05) is 17.3 Å². The van der Waals surface area contributed by atoms with Crippen LogP contribution in [0.3, 0.4) is 0 Å². The predicted molar refractivity (Wildman–Crippen MR) is 62.3 cm³/mol. The molecule has 0 aliphatic heterocycles. The molecule has 0 spiro atoms. The normalized spacial score (nSPS) is 11.0. The van der Waals surface area contributed by atoms with Gasteiger partial charge in [0.05, 0.1) is 5.69 Å². The van der Waals surface area contributed by atoms with E-state index in [-0.39, 0.29) is 0 Å². The molecule has 0 fully saturated rings. The molecule has 2 rings (SSSR count). The number of hydrogen-bond donors (Lipinski definition) is 0.